The molecule has 0 saturated heterocycles. The van der Waals surface area contributed by atoms with Crippen LogP contribution in [0.25, 0.3) is 0 Å². The molecule has 4 bridgehead atoms. The van der Waals surface area contributed by atoms with Gasteiger partial charge in [0.15, 0.2) is 0 Å². The third-order valence-electron chi connectivity index (χ3n) is 5.00. The number of aliphatic hydroxyl groups is 1. The average molecular weight is 325 g/mol. The lowest BCUT2D eigenvalue weighted by atomic mass is 9.51. The summed E-state index contributed by atoms with van der Waals surface area (Å²) < 4.78 is 56.6. The molecule has 6 nitrogen and oxygen atoms in total. The lowest BCUT2D eigenvalue weighted by Gasteiger charge is -2.60. The van der Waals surface area contributed by atoms with Gasteiger partial charge in [-0.2, -0.15) is 17.2 Å². The second-order valence-corrected chi connectivity index (χ2v) is 8.37. The maximum absolute atomic E-state index is 13.4. The predicted octanol–water partition coefficient (Wildman–Crippen LogP) is 0.667. The van der Waals surface area contributed by atoms with Crippen LogP contribution in [0.1, 0.15) is 38.5 Å². The SMILES string of the molecule is O=C(NC12CC3CC(CC(O)(C3)C1)C2)C(F)(F)S(=O)(=O)O. The molecule has 2 unspecified atom stereocenters. The first kappa shape index (κ1) is 15.1. The van der Waals surface area contributed by atoms with E-state index in [0.29, 0.717) is 25.7 Å². The third kappa shape index (κ3) is 2.35. The molecule has 2 atom stereocenters. The van der Waals surface area contributed by atoms with E-state index in [1.807, 2.05) is 0 Å². The Labute approximate surface area is 120 Å². The first-order valence-corrected chi connectivity index (χ1v) is 8.29. The van der Waals surface area contributed by atoms with E-state index in [1.165, 1.54) is 0 Å². The molecule has 0 heterocycles. The minimum Gasteiger partial charge on any atom is -0.390 e. The van der Waals surface area contributed by atoms with Crippen molar-refractivity contribution >= 4 is 16.0 Å². The van der Waals surface area contributed by atoms with Gasteiger partial charge in [0.1, 0.15) is 0 Å². The summed E-state index contributed by atoms with van der Waals surface area (Å²) in [5, 5.41) is 7.67. The molecule has 0 aromatic carbocycles. The van der Waals surface area contributed by atoms with E-state index in [-0.39, 0.29) is 18.3 Å². The van der Waals surface area contributed by atoms with Gasteiger partial charge in [-0.15, -0.1) is 0 Å². The van der Waals surface area contributed by atoms with Crippen LogP contribution in [0.2, 0.25) is 0 Å². The molecule has 3 N–H and O–H groups in total. The zero-order valence-corrected chi connectivity index (χ0v) is 12.0. The minimum absolute atomic E-state index is 0.149. The summed E-state index contributed by atoms with van der Waals surface area (Å²) in [6.45, 7) is 0. The van der Waals surface area contributed by atoms with Crippen LogP contribution in [0.5, 0.6) is 0 Å². The summed E-state index contributed by atoms with van der Waals surface area (Å²) >= 11 is 0. The van der Waals surface area contributed by atoms with Gasteiger partial charge in [-0.3, -0.25) is 9.35 Å². The molecule has 21 heavy (non-hydrogen) atoms. The normalized spacial score (nSPS) is 42.1. The maximum atomic E-state index is 13.4. The number of hydrogen-bond acceptors (Lipinski definition) is 4. The average Bonchev–Trinajstić information content (AvgIpc) is 2.22. The summed E-state index contributed by atoms with van der Waals surface area (Å²) in [5.74, 6) is -1.72. The Balaban J connectivity index is 1.84. The second kappa shape index (κ2) is 4.14. The molecule has 0 radical (unpaired) electrons. The summed E-state index contributed by atoms with van der Waals surface area (Å²) in [7, 11) is -5.81. The highest BCUT2D eigenvalue weighted by atomic mass is 32.2. The van der Waals surface area contributed by atoms with Crippen molar-refractivity contribution in [2.45, 2.75) is 54.9 Å². The van der Waals surface area contributed by atoms with Gasteiger partial charge in [-0.25, -0.2) is 0 Å². The van der Waals surface area contributed by atoms with Gasteiger partial charge >= 0.3 is 21.3 Å². The predicted molar refractivity (Wildman–Crippen MR) is 67.0 cm³/mol. The molecule has 120 valence electrons. The van der Waals surface area contributed by atoms with Crippen LogP contribution in [0.3, 0.4) is 0 Å². The molecule has 4 aliphatic rings. The standard InChI is InChI=1S/C12H17F2NO5S/c13-12(14,21(18,19)20)9(16)15-10-2-7-1-8(3-10)5-11(17,4-7)6-10/h7-8,17H,1-6H2,(H,15,16)(H,18,19,20). The van der Waals surface area contributed by atoms with Crippen LogP contribution in [0.15, 0.2) is 0 Å². The molecule has 9 heteroatoms. The molecule has 1 amide bonds. The van der Waals surface area contributed by atoms with Gasteiger partial charge in [-0.1, -0.05) is 0 Å². The van der Waals surface area contributed by atoms with Gasteiger partial charge < -0.3 is 10.4 Å². The van der Waals surface area contributed by atoms with Crippen LogP contribution in [0.4, 0.5) is 8.78 Å². The fourth-order valence-electron chi connectivity index (χ4n) is 4.79. The first-order chi connectivity index (χ1) is 9.45. The van der Waals surface area contributed by atoms with Crippen molar-refractivity contribution in [2.75, 3.05) is 0 Å². The summed E-state index contributed by atoms with van der Waals surface area (Å²) in [5.41, 5.74) is -1.96. The summed E-state index contributed by atoms with van der Waals surface area (Å²) in [4.78, 5) is 11.6. The molecule has 0 aliphatic heterocycles. The Hall–Kier alpha value is -0.800. The van der Waals surface area contributed by atoms with Crippen LogP contribution < -0.4 is 5.32 Å². The number of carbonyl (C=O) groups excluding carboxylic acids is 1. The van der Waals surface area contributed by atoms with E-state index in [1.54, 1.807) is 0 Å². The van der Waals surface area contributed by atoms with Gasteiger partial charge in [0.25, 0.3) is 0 Å². The smallest absolute Gasteiger partial charge is 0.390 e. The van der Waals surface area contributed by atoms with Crippen molar-refractivity contribution in [1.82, 2.24) is 5.32 Å². The quantitative estimate of drug-likeness (QED) is 0.662. The minimum atomic E-state index is -5.81. The molecule has 0 aromatic rings. The topological polar surface area (TPSA) is 104 Å². The molecule has 0 spiro atoms. The lowest BCUT2D eigenvalue weighted by Crippen LogP contribution is -2.67. The Kier molecular flexibility index (Phi) is 2.98. The number of rotatable bonds is 3. The third-order valence-corrected chi connectivity index (χ3v) is 5.83. The number of alkyl halides is 2. The molecule has 4 aliphatic carbocycles. The van der Waals surface area contributed by atoms with Crippen LogP contribution >= 0.6 is 0 Å². The van der Waals surface area contributed by atoms with Gasteiger partial charge in [-0.05, 0) is 50.4 Å². The Morgan fingerprint density at radius 2 is 1.71 bits per heavy atom. The van der Waals surface area contributed by atoms with Gasteiger partial charge in [0.2, 0.25) is 0 Å². The molecular formula is C12H17F2NO5S. The van der Waals surface area contributed by atoms with Crippen molar-refractivity contribution < 1.29 is 31.7 Å². The van der Waals surface area contributed by atoms with Crippen LogP contribution in [-0.4, -0.2) is 40.4 Å². The highest BCUT2D eigenvalue weighted by Gasteiger charge is 2.61. The van der Waals surface area contributed by atoms with E-state index < -0.39 is 32.4 Å². The van der Waals surface area contributed by atoms with E-state index in [2.05, 4.69) is 5.32 Å². The largest absolute Gasteiger partial charge is 0.446 e. The molecule has 4 saturated carbocycles. The number of halogens is 2. The van der Waals surface area contributed by atoms with Crippen molar-refractivity contribution in [3.05, 3.63) is 0 Å². The molecular weight excluding hydrogens is 308 g/mol. The van der Waals surface area contributed by atoms with Crippen LogP contribution in [-0.2, 0) is 14.9 Å². The lowest BCUT2D eigenvalue weighted by molar-refractivity contribution is -0.158. The monoisotopic (exact) mass is 325 g/mol. The number of hydrogen-bond donors (Lipinski definition) is 3. The van der Waals surface area contributed by atoms with E-state index in [9.17, 15) is 27.1 Å². The summed E-state index contributed by atoms with van der Waals surface area (Å²) in [6.07, 6.45) is 3.15. The van der Waals surface area contributed by atoms with Crippen molar-refractivity contribution in [2.24, 2.45) is 11.8 Å². The Bertz CT molecular complexity index is 576. The summed E-state index contributed by atoms with van der Waals surface area (Å²) in [6, 6.07) is 0. The second-order valence-electron chi connectivity index (χ2n) is 6.91. The van der Waals surface area contributed by atoms with Crippen molar-refractivity contribution in [3.8, 4) is 0 Å². The molecule has 4 fully saturated rings. The highest BCUT2D eigenvalue weighted by molar-refractivity contribution is 7.87. The fourth-order valence-corrected chi connectivity index (χ4v) is 5.08. The molecule has 0 aromatic heterocycles. The Morgan fingerprint density at radius 1 is 1.19 bits per heavy atom. The fraction of sp³-hybridized carbons (Fsp3) is 0.917. The number of amides is 1. The maximum Gasteiger partial charge on any atom is 0.446 e. The van der Waals surface area contributed by atoms with E-state index in [4.69, 9.17) is 4.55 Å². The van der Waals surface area contributed by atoms with Crippen molar-refractivity contribution in [3.63, 3.8) is 0 Å². The highest BCUT2D eigenvalue weighted by Crippen LogP contribution is 2.57. The van der Waals surface area contributed by atoms with Crippen LogP contribution in [0, 0.1) is 11.8 Å². The van der Waals surface area contributed by atoms with Gasteiger partial charge in [0, 0.05) is 5.54 Å². The number of carbonyl (C=O) groups is 1. The van der Waals surface area contributed by atoms with E-state index >= 15 is 0 Å². The zero-order valence-electron chi connectivity index (χ0n) is 11.2. The van der Waals surface area contributed by atoms with Crippen molar-refractivity contribution in [1.29, 1.82) is 0 Å². The van der Waals surface area contributed by atoms with Gasteiger partial charge in [0.05, 0.1) is 5.60 Å². The number of nitrogens with one attached hydrogen (secondary N) is 1. The molecule has 4 rings (SSSR count). The first-order valence-electron chi connectivity index (χ1n) is 6.85. The van der Waals surface area contributed by atoms with E-state index in [0.717, 1.165) is 6.42 Å². The zero-order chi connectivity index (χ0) is 15.7. The Morgan fingerprint density at radius 3 is 2.14 bits per heavy atom.